The number of aryl methyl sites for hydroxylation is 2. The molecule has 0 amide bonds. The van der Waals surface area contributed by atoms with Crippen LogP contribution in [0.5, 0.6) is 0 Å². The Morgan fingerprint density at radius 3 is 2.48 bits per heavy atom. The summed E-state index contributed by atoms with van der Waals surface area (Å²) in [6.45, 7) is 5.45. The number of nitrogens with zero attached hydrogens (tertiary/aromatic N) is 1. The van der Waals surface area contributed by atoms with E-state index in [1.807, 2.05) is 13.0 Å². The van der Waals surface area contributed by atoms with E-state index >= 15 is 0 Å². The van der Waals surface area contributed by atoms with Crippen LogP contribution in [-0.2, 0) is 14.8 Å². The van der Waals surface area contributed by atoms with Gasteiger partial charge in [-0.15, -0.1) is 0 Å². The maximum atomic E-state index is 13.3. The number of benzene rings is 2. The van der Waals surface area contributed by atoms with E-state index in [4.69, 9.17) is 0 Å². The SMILES string of the molecule is Cc1ccc(S(=O)(=O)N2c3ccccc3C(C(=O)O)CC2C)c(C)c1. The van der Waals surface area contributed by atoms with E-state index in [1.165, 1.54) is 4.31 Å². The highest BCUT2D eigenvalue weighted by Gasteiger charge is 2.40. The van der Waals surface area contributed by atoms with E-state index in [0.717, 1.165) is 5.56 Å². The second-order valence-electron chi connectivity index (χ2n) is 6.60. The van der Waals surface area contributed by atoms with Crippen molar-refractivity contribution in [3.63, 3.8) is 0 Å². The maximum Gasteiger partial charge on any atom is 0.311 e. The summed E-state index contributed by atoms with van der Waals surface area (Å²) < 4.78 is 28.1. The third-order valence-electron chi connectivity index (χ3n) is 4.69. The summed E-state index contributed by atoms with van der Waals surface area (Å²) in [6.07, 6.45) is 0.247. The van der Waals surface area contributed by atoms with Crippen LogP contribution >= 0.6 is 0 Å². The molecule has 0 spiro atoms. The van der Waals surface area contributed by atoms with Crippen LogP contribution in [-0.4, -0.2) is 25.5 Å². The molecule has 1 N–H and O–H groups in total. The highest BCUT2D eigenvalue weighted by atomic mass is 32.2. The highest BCUT2D eigenvalue weighted by molar-refractivity contribution is 7.93. The van der Waals surface area contributed by atoms with Gasteiger partial charge >= 0.3 is 5.97 Å². The third-order valence-corrected chi connectivity index (χ3v) is 6.78. The average molecular weight is 359 g/mol. The molecule has 0 aromatic heterocycles. The van der Waals surface area contributed by atoms with E-state index in [1.54, 1.807) is 50.2 Å². The molecule has 2 atom stereocenters. The number of hydrogen-bond donors (Lipinski definition) is 1. The normalized spacial score (nSPS) is 20.2. The number of fused-ring (bicyclic) bond motifs is 1. The molecular weight excluding hydrogens is 338 g/mol. The van der Waals surface area contributed by atoms with Crippen molar-refractivity contribution in [1.82, 2.24) is 0 Å². The van der Waals surface area contributed by atoms with Gasteiger partial charge in [0.05, 0.1) is 16.5 Å². The summed E-state index contributed by atoms with van der Waals surface area (Å²) in [5.41, 5.74) is 2.68. The number of sulfonamides is 1. The molecule has 0 saturated heterocycles. The van der Waals surface area contributed by atoms with Gasteiger partial charge in [-0.1, -0.05) is 35.9 Å². The fraction of sp³-hybridized carbons (Fsp3) is 0.316. The first kappa shape index (κ1) is 17.5. The summed E-state index contributed by atoms with van der Waals surface area (Å²) in [5, 5.41) is 9.52. The molecule has 1 aliphatic rings. The molecule has 25 heavy (non-hydrogen) atoms. The van der Waals surface area contributed by atoms with Crippen molar-refractivity contribution in [3.05, 3.63) is 59.2 Å². The van der Waals surface area contributed by atoms with E-state index in [-0.39, 0.29) is 11.3 Å². The maximum absolute atomic E-state index is 13.3. The zero-order valence-electron chi connectivity index (χ0n) is 14.4. The lowest BCUT2D eigenvalue weighted by Crippen LogP contribution is -2.44. The van der Waals surface area contributed by atoms with Crippen molar-refractivity contribution in [2.24, 2.45) is 0 Å². The Bertz CT molecular complexity index is 936. The molecule has 6 heteroatoms. The number of hydrogen-bond acceptors (Lipinski definition) is 3. The van der Waals surface area contributed by atoms with Crippen molar-refractivity contribution in [3.8, 4) is 0 Å². The monoisotopic (exact) mass is 359 g/mol. The number of aliphatic carboxylic acids is 1. The van der Waals surface area contributed by atoms with Gasteiger partial charge in [-0.05, 0) is 50.5 Å². The fourth-order valence-corrected chi connectivity index (χ4v) is 5.48. The van der Waals surface area contributed by atoms with Crippen molar-refractivity contribution < 1.29 is 18.3 Å². The van der Waals surface area contributed by atoms with Gasteiger partial charge < -0.3 is 5.11 Å². The van der Waals surface area contributed by atoms with Crippen LogP contribution in [0.4, 0.5) is 5.69 Å². The van der Waals surface area contributed by atoms with E-state index in [9.17, 15) is 18.3 Å². The molecule has 132 valence electrons. The molecule has 2 aromatic rings. The molecular formula is C19H21NO4S. The molecule has 3 rings (SSSR count). The largest absolute Gasteiger partial charge is 0.481 e. The number of para-hydroxylation sites is 1. The molecule has 0 saturated carbocycles. The van der Waals surface area contributed by atoms with Crippen LogP contribution in [0, 0.1) is 13.8 Å². The molecule has 0 aliphatic carbocycles. The van der Waals surface area contributed by atoms with Crippen LogP contribution < -0.4 is 4.31 Å². The molecule has 5 nitrogen and oxygen atoms in total. The molecule has 2 aromatic carbocycles. The lowest BCUT2D eigenvalue weighted by molar-refractivity contribution is -0.139. The minimum Gasteiger partial charge on any atom is -0.481 e. The highest BCUT2D eigenvalue weighted by Crippen LogP contribution is 2.41. The first-order valence-corrected chi connectivity index (χ1v) is 9.61. The second kappa shape index (κ2) is 6.19. The van der Waals surface area contributed by atoms with Crippen LogP contribution in [0.1, 0.15) is 36.0 Å². The van der Waals surface area contributed by atoms with Gasteiger partial charge in [0.2, 0.25) is 0 Å². The van der Waals surface area contributed by atoms with Gasteiger partial charge in [0.25, 0.3) is 10.0 Å². The summed E-state index contributed by atoms with van der Waals surface area (Å²) in [7, 11) is -3.78. The summed E-state index contributed by atoms with van der Waals surface area (Å²) in [6, 6.07) is 11.7. The number of rotatable bonds is 3. The van der Waals surface area contributed by atoms with Crippen LogP contribution in [0.2, 0.25) is 0 Å². The molecule has 2 unspecified atom stereocenters. The van der Waals surface area contributed by atoms with Crippen LogP contribution in [0.3, 0.4) is 0 Å². The van der Waals surface area contributed by atoms with Gasteiger partial charge in [-0.3, -0.25) is 9.10 Å². The summed E-state index contributed by atoms with van der Waals surface area (Å²) in [5.74, 6) is -1.63. The third kappa shape index (κ3) is 2.91. The van der Waals surface area contributed by atoms with Gasteiger partial charge in [-0.25, -0.2) is 8.42 Å². The molecule has 1 heterocycles. The van der Waals surface area contributed by atoms with Crippen LogP contribution in [0.25, 0.3) is 0 Å². The van der Waals surface area contributed by atoms with E-state index < -0.39 is 28.0 Å². The number of carbonyl (C=O) groups is 1. The van der Waals surface area contributed by atoms with Gasteiger partial charge in [0.1, 0.15) is 0 Å². The van der Waals surface area contributed by atoms with E-state index in [0.29, 0.717) is 16.8 Å². The fourth-order valence-electron chi connectivity index (χ4n) is 3.58. The zero-order chi connectivity index (χ0) is 18.4. The van der Waals surface area contributed by atoms with E-state index in [2.05, 4.69) is 0 Å². The Morgan fingerprint density at radius 2 is 1.84 bits per heavy atom. The lowest BCUT2D eigenvalue weighted by Gasteiger charge is -2.38. The first-order chi connectivity index (χ1) is 11.7. The lowest BCUT2D eigenvalue weighted by atomic mass is 9.87. The smallest absolute Gasteiger partial charge is 0.311 e. The zero-order valence-corrected chi connectivity index (χ0v) is 15.2. The van der Waals surface area contributed by atoms with Crippen molar-refractivity contribution >= 4 is 21.7 Å². The standard InChI is InChI=1S/C19H21NO4S/c1-12-8-9-18(13(2)10-12)25(23,24)20-14(3)11-16(19(21)22)15-6-4-5-7-17(15)20/h4-10,14,16H,11H2,1-3H3,(H,21,22). The second-order valence-corrected chi connectivity index (χ2v) is 8.39. The van der Waals surface area contributed by atoms with Crippen LogP contribution in [0.15, 0.2) is 47.4 Å². The van der Waals surface area contributed by atoms with Gasteiger partial charge in [0.15, 0.2) is 0 Å². The minimum atomic E-state index is -3.78. The Balaban J connectivity index is 2.18. The van der Waals surface area contributed by atoms with Crippen molar-refractivity contribution in [2.75, 3.05) is 4.31 Å². The van der Waals surface area contributed by atoms with Gasteiger partial charge in [-0.2, -0.15) is 0 Å². The first-order valence-electron chi connectivity index (χ1n) is 8.17. The molecule has 1 aliphatic heterocycles. The van der Waals surface area contributed by atoms with Gasteiger partial charge in [0, 0.05) is 6.04 Å². The molecule has 0 fully saturated rings. The average Bonchev–Trinajstić information content (AvgIpc) is 2.53. The quantitative estimate of drug-likeness (QED) is 0.911. The summed E-state index contributed by atoms with van der Waals surface area (Å²) in [4.78, 5) is 11.9. The topological polar surface area (TPSA) is 74.7 Å². The molecule has 0 bridgehead atoms. The number of carboxylic acids is 1. The predicted molar refractivity (Wildman–Crippen MR) is 96.5 cm³/mol. The Kier molecular flexibility index (Phi) is 4.33. The summed E-state index contributed by atoms with van der Waals surface area (Å²) >= 11 is 0. The van der Waals surface area contributed by atoms with Crippen molar-refractivity contribution in [2.45, 2.75) is 44.0 Å². The molecule has 0 radical (unpaired) electrons. The minimum absolute atomic E-state index is 0.247. The predicted octanol–water partition coefficient (Wildman–Crippen LogP) is 3.46. The Labute approximate surface area is 148 Å². The Morgan fingerprint density at radius 1 is 1.16 bits per heavy atom. The number of carboxylic acid groups (broad SMARTS) is 1. The Hall–Kier alpha value is -2.34. The number of anilines is 1. The van der Waals surface area contributed by atoms with Crippen molar-refractivity contribution in [1.29, 1.82) is 0 Å².